The number of carbonyl (C=O) groups is 1. The van der Waals surface area contributed by atoms with E-state index in [2.05, 4.69) is 0 Å². The summed E-state index contributed by atoms with van der Waals surface area (Å²) in [6.07, 6.45) is 1.11. The third-order valence-corrected chi connectivity index (χ3v) is 5.81. The van der Waals surface area contributed by atoms with Gasteiger partial charge in [-0.05, 0) is 26.7 Å². The maximum Gasteiger partial charge on any atom is 0.308 e. The van der Waals surface area contributed by atoms with E-state index in [0.29, 0.717) is 19.4 Å². The summed E-state index contributed by atoms with van der Waals surface area (Å²) in [6.45, 7) is 3.75. The molecule has 0 saturated carbocycles. The summed E-state index contributed by atoms with van der Waals surface area (Å²) in [5.74, 6) is -1.55. The summed E-state index contributed by atoms with van der Waals surface area (Å²) in [4.78, 5) is 11.1. The molecule has 0 aliphatic carbocycles. The van der Waals surface area contributed by atoms with Gasteiger partial charge in [-0.3, -0.25) is 4.79 Å². The van der Waals surface area contributed by atoms with Gasteiger partial charge in [-0.25, -0.2) is 8.42 Å². The second kappa shape index (κ2) is 5.99. The van der Waals surface area contributed by atoms with E-state index < -0.39 is 33.2 Å². The number of hydrogen-bond acceptors (Lipinski definition) is 4. The van der Waals surface area contributed by atoms with Crippen LogP contribution in [0.15, 0.2) is 0 Å². The highest BCUT2D eigenvalue weighted by Gasteiger charge is 2.40. The predicted octanol–water partition coefficient (Wildman–Crippen LogP) is 0.536. The van der Waals surface area contributed by atoms with Crippen molar-refractivity contribution >= 4 is 16.0 Å². The summed E-state index contributed by atoms with van der Waals surface area (Å²) >= 11 is 0. The Labute approximate surface area is 108 Å². The highest BCUT2D eigenvalue weighted by atomic mass is 32.2. The molecule has 1 heterocycles. The first kappa shape index (κ1) is 15.4. The van der Waals surface area contributed by atoms with Gasteiger partial charge < -0.3 is 9.84 Å². The number of carboxylic acid groups (broad SMARTS) is 1. The van der Waals surface area contributed by atoms with Crippen molar-refractivity contribution in [1.29, 1.82) is 0 Å². The van der Waals surface area contributed by atoms with Gasteiger partial charge in [0.2, 0.25) is 10.0 Å². The van der Waals surface area contributed by atoms with Crippen LogP contribution >= 0.6 is 0 Å². The van der Waals surface area contributed by atoms with Gasteiger partial charge in [-0.1, -0.05) is 0 Å². The zero-order chi connectivity index (χ0) is 13.9. The van der Waals surface area contributed by atoms with Gasteiger partial charge in [-0.2, -0.15) is 4.31 Å². The third kappa shape index (κ3) is 3.02. The lowest BCUT2D eigenvalue weighted by Crippen LogP contribution is -2.52. The number of carboxylic acids is 1. The first-order valence-electron chi connectivity index (χ1n) is 6.04. The molecule has 7 heteroatoms. The molecule has 0 spiro atoms. The van der Waals surface area contributed by atoms with Crippen molar-refractivity contribution in [3.8, 4) is 0 Å². The summed E-state index contributed by atoms with van der Waals surface area (Å²) in [5, 5.41) is 8.43. The molecule has 1 aliphatic heterocycles. The van der Waals surface area contributed by atoms with Crippen LogP contribution < -0.4 is 0 Å². The van der Waals surface area contributed by atoms with Crippen LogP contribution in [0.3, 0.4) is 0 Å². The lowest BCUT2D eigenvalue weighted by atomic mass is 9.92. The molecule has 3 unspecified atom stereocenters. The minimum atomic E-state index is -3.49. The van der Waals surface area contributed by atoms with Crippen molar-refractivity contribution in [2.45, 2.75) is 38.0 Å². The lowest BCUT2D eigenvalue weighted by molar-refractivity contribution is -0.144. The Hall–Kier alpha value is -0.660. The molecule has 0 bridgehead atoms. The van der Waals surface area contributed by atoms with E-state index >= 15 is 0 Å². The number of hydrogen-bond donors (Lipinski definition) is 1. The molecule has 1 N–H and O–H groups in total. The zero-order valence-electron chi connectivity index (χ0n) is 11.0. The second-order valence-electron chi connectivity index (χ2n) is 4.75. The average molecular weight is 279 g/mol. The molecule has 18 heavy (non-hydrogen) atoms. The Morgan fingerprint density at radius 1 is 1.56 bits per heavy atom. The zero-order valence-corrected chi connectivity index (χ0v) is 11.8. The summed E-state index contributed by atoms with van der Waals surface area (Å²) in [5.41, 5.74) is 0. The maximum absolute atomic E-state index is 12.3. The maximum atomic E-state index is 12.3. The normalized spacial score (nSPS) is 27.9. The van der Waals surface area contributed by atoms with Crippen LogP contribution in [0.2, 0.25) is 0 Å². The molecule has 0 radical (unpaired) electrons. The third-order valence-electron chi connectivity index (χ3n) is 3.48. The van der Waals surface area contributed by atoms with Gasteiger partial charge >= 0.3 is 5.97 Å². The van der Waals surface area contributed by atoms with E-state index in [1.165, 1.54) is 11.4 Å². The number of piperidine rings is 1. The number of rotatable bonds is 5. The quantitative estimate of drug-likeness (QED) is 0.794. The summed E-state index contributed by atoms with van der Waals surface area (Å²) in [6, 6.07) is -0.499. The van der Waals surface area contributed by atoms with Crippen molar-refractivity contribution in [3.05, 3.63) is 0 Å². The fraction of sp³-hybridized carbons (Fsp3) is 0.909. The fourth-order valence-corrected chi connectivity index (χ4v) is 4.12. The monoisotopic (exact) mass is 279 g/mol. The Bertz CT molecular complexity index is 394. The molecule has 1 aliphatic rings. The predicted molar refractivity (Wildman–Crippen MR) is 66.8 cm³/mol. The van der Waals surface area contributed by atoms with E-state index in [4.69, 9.17) is 9.84 Å². The van der Waals surface area contributed by atoms with Crippen LogP contribution in [0, 0.1) is 5.92 Å². The Kier molecular flexibility index (Phi) is 5.12. The van der Waals surface area contributed by atoms with Gasteiger partial charge in [0.05, 0.1) is 17.8 Å². The molecular weight excluding hydrogens is 258 g/mol. The minimum absolute atomic E-state index is 0.114. The Balaban J connectivity index is 2.91. The van der Waals surface area contributed by atoms with Crippen LogP contribution in [-0.2, 0) is 19.6 Å². The van der Waals surface area contributed by atoms with Crippen LogP contribution in [0.1, 0.15) is 26.7 Å². The van der Waals surface area contributed by atoms with E-state index in [0.717, 1.165) is 0 Å². The van der Waals surface area contributed by atoms with Crippen LogP contribution in [-0.4, -0.2) is 55.4 Å². The summed E-state index contributed by atoms with van der Waals surface area (Å²) < 4.78 is 30.8. The van der Waals surface area contributed by atoms with Crippen LogP contribution in [0.4, 0.5) is 0 Å². The average Bonchev–Trinajstić information content (AvgIpc) is 2.28. The molecule has 3 atom stereocenters. The van der Waals surface area contributed by atoms with Gasteiger partial charge in [0, 0.05) is 19.7 Å². The number of aliphatic carboxylic acids is 1. The van der Waals surface area contributed by atoms with Crippen LogP contribution in [0.25, 0.3) is 0 Å². The molecule has 0 aromatic heterocycles. The van der Waals surface area contributed by atoms with Gasteiger partial charge in [0.1, 0.15) is 0 Å². The molecule has 0 aromatic carbocycles. The van der Waals surface area contributed by atoms with Gasteiger partial charge in [0.25, 0.3) is 0 Å². The van der Waals surface area contributed by atoms with E-state index in [1.807, 2.05) is 0 Å². The van der Waals surface area contributed by atoms with E-state index in [-0.39, 0.29) is 6.61 Å². The number of methoxy groups -OCH3 is 1. The fourth-order valence-electron chi connectivity index (χ4n) is 2.35. The van der Waals surface area contributed by atoms with Crippen molar-refractivity contribution < 1.29 is 23.1 Å². The SMILES string of the molecule is COCC(C)S(=O)(=O)N1CCCC(C(=O)O)C1C. The molecular formula is C11H21NO5S. The van der Waals surface area contributed by atoms with Gasteiger partial charge in [0.15, 0.2) is 0 Å². The highest BCUT2D eigenvalue weighted by molar-refractivity contribution is 7.89. The topological polar surface area (TPSA) is 83.9 Å². The molecule has 1 fully saturated rings. The Morgan fingerprint density at radius 2 is 2.17 bits per heavy atom. The standard InChI is InChI=1S/C11H21NO5S/c1-8(7-17-3)18(15,16)12-6-4-5-10(9(12)2)11(13)14/h8-10H,4-7H2,1-3H3,(H,13,14). The largest absolute Gasteiger partial charge is 0.481 e. The molecule has 106 valence electrons. The Morgan fingerprint density at radius 3 is 2.67 bits per heavy atom. The van der Waals surface area contributed by atoms with Crippen molar-refractivity contribution in [2.24, 2.45) is 5.92 Å². The van der Waals surface area contributed by atoms with Crippen molar-refractivity contribution in [1.82, 2.24) is 4.31 Å². The molecule has 0 aromatic rings. The number of nitrogens with zero attached hydrogens (tertiary/aromatic N) is 1. The van der Waals surface area contributed by atoms with E-state index in [1.54, 1.807) is 13.8 Å². The molecule has 1 saturated heterocycles. The number of sulfonamides is 1. The smallest absolute Gasteiger partial charge is 0.308 e. The lowest BCUT2D eigenvalue weighted by Gasteiger charge is -2.37. The van der Waals surface area contributed by atoms with Crippen molar-refractivity contribution in [2.75, 3.05) is 20.3 Å². The molecule has 6 nitrogen and oxygen atoms in total. The molecule has 0 amide bonds. The second-order valence-corrected chi connectivity index (χ2v) is 7.05. The number of ether oxygens (including phenoxy) is 1. The first-order valence-corrected chi connectivity index (χ1v) is 7.55. The minimum Gasteiger partial charge on any atom is -0.481 e. The highest BCUT2D eigenvalue weighted by Crippen LogP contribution is 2.27. The first-order chi connectivity index (χ1) is 8.32. The van der Waals surface area contributed by atoms with Crippen molar-refractivity contribution in [3.63, 3.8) is 0 Å². The molecule has 1 rings (SSSR count). The van der Waals surface area contributed by atoms with Crippen LogP contribution in [0.5, 0.6) is 0 Å². The summed E-state index contributed by atoms with van der Waals surface area (Å²) in [7, 11) is -2.04. The van der Waals surface area contributed by atoms with Gasteiger partial charge in [-0.15, -0.1) is 0 Å². The van der Waals surface area contributed by atoms with E-state index in [9.17, 15) is 13.2 Å².